The first-order valence-corrected chi connectivity index (χ1v) is 7.20. The first kappa shape index (κ1) is 17.4. The van der Waals surface area contributed by atoms with Crippen LogP contribution in [0.1, 0.15) is 17.3 Å². The van der Waals surface area contributed by atoms with Crippen molar-refractivity contribution in [2.75, 3.05) is 19.4 Å². The lowest BCUT2D eigenvalue weighted by Crippen LogP contribution is -2.22. The van der Waals surface area contributed by atoms with E-state index < -0.39 is 17.6 Å². The molecule has 126 valence electrons. The average Bonchev–Trinajstić information content (AvgIpc) is 2.57. The van der Waals surface area contributed by atoms with Gasteiger partial charge in [-0.25, -0.2) is 14.4 Å². The summed E-state index contributed by atoms with van der Waals surface area (Å²) >= 11 is 0. The first-order chi connectivity index (χ1) is 11.4. The van der Waals surface area contributed by atoms with Crippen molar-refractivity contribution >= 4 is 11.6 Å². The van der Waals surface area contributed by atoms with Crippen molar-refractivity contribution in [3.05, 3.63) is 66.3 Å². The molecule has 0 bridgehead atoms. The predicted octanol–water partition coefficient (Wildman–Crippen LogP) is 2.10. The molecule has 1 unspecified atom stereocenters. The quantitative estimate of drug-likeness (QED) is 0.702. The molecule has 2 aromatic rings. The van der Waals surface area contributed by atoms with Gasteiger partial charge in [-0.3, -0.25) is 0 Å². The second-order valence-corrected chi connectivity index (χ2v) is 5.12. The van der Waals surface area contributed by atoms with Gasteiger partial charge in [0.15, 0.2) is 11.6 Å². The van der Waals surface area contributed by atoms with Gasteiger partial charge in [0.1, 0.15) is 0 Å². The van der Waals surface area contributed by atoms with E-state index in [2.05, 4.69) is 16.5 Å². The average molecular weight is 330 g/mol. The highest BCUT2D eigenvalue weighted by Gasteiger charge is 2.19. The Morgan fingerprint density at radius 3 is 2.83 bits per heavy atom. The van der Waals surface area contributed by atoms with Crippen LogP contribution in [-0.4, -0.2) is 38.7 Å². The van der Waals surface area contributed by atoms with Crippen molar-refractivity contribution in [1.82, 2.24) is 14.9 Å². The maximum absolute atomic E-state index is 13.7. The molecule has 1 aromatic heterocycles. The Hall–Kier alpha value is -2.93. The van der Waals surface area contributed by atoms with Crippen molar-refractivity contribution in [2.45, 2.75) is 6.04 Å². The molecule has 24 heavy (non-hydrogen) atoms. The molecule has 0 fully saturated rings. The number of likely N-dealkylation sites (N-methyl/N-ethyl adjacent to an activating group) is 1. The summed E-state index contributed by atoms with van der Waals surface area (Å²) in [5, 5.41) is 18.4. The van der Waals surface area contributed by atoms with Crippen LogP contribution in [0.25, 0.3) is 5.70 Å². The summed E-state index contributed by atoms with van der Waals surface area (Å²) in [5.41, 5.74) is 7.26. The van der Waals surface area contributed by atoms with Gasteiger partial charge in [-0.05, 0) is 23.8 Å². The van der Waals surface area contributed by atoms with Gasteiger partial charge in [0.25, 0.3) is 0 Å². The Morgan fingerprint density at radius 1 is 1.46 bits per heavy atom. The van der Waals surface area contributed by atoms with Crippen LogP contribution in [0.5, 0.6) is 5.75 Å². The summed E-state index contributed by atoms with van der Waals surface area (Å²) in [7, 11) is 1.76. The summed E-state index contributed by atoms with van der Waals surface area (Å²) in [6.45, 7) is 3.85. The molecule has 1 heterocycles. The Kier molecular flexibility index (Phi) is 5.49. The van der Waals surface area contributed by atoms with E-state index in [1.165, 1.54) is 18.3 Å². The molecule has 4 N–H and O–H groups in total. The summed E-state index contributed by atoms with van der Waals surface area (Å²) in [6.07, 6.45) is 4.78. The van der Waals surface area contributed by atoms with Crippen LogP contribution in [0.3, 0.4) is 0 Å². The Balaban J connectivity index is 2.37. The van der Waals surface area contributed by atoms with Crippen molar-refractivity contribution in [2.24, 2.45) is 0 Å². The fourth-order valence-electron chi connectivity index (χ4n) is 2.24. The summed E-state index contributed by atoms with van der Waals surface area (Å²) < 4.78 is 13.7. The minimum absolute atomic E-state index is 0.125. The number of nitrogens with two attached hydrogens (primary N) is 1. The van der Waals surface area contributed by atoms with Crippen LogP contribution in [0.2, 0.25) is 0 Å². The number of hydrogen-bond donors (Lipinski definition) is 3. The molecular weight excluding hydrogens is 311 g/mol. The van der Waals surface area contributed by atoms with Crippen LogP contribution in [0, 0.1) is 5.82 Å². The minimum atomic E-state index is -0.722. The highest BCUT2D eigenvalue weighted by Crippen LogP contribution is 2.30. The highest BCUT2D eigenvalue weighted by atomic mass is 19.1. The molecule has 0 saturated carbocycles. The van der Waals surface area contributed by atoms with E-state index in [1.807, 2.05) is 0 Å². The Labute approximate surface area is 139 Å². The van der Waals surface area contributed by atoms with E-state index in [-0.39, 0.29) is 12.6 Å². The Bertz CT molecular complexity index is 764. The van der Waals surface area contributed by atoms with Crippen LogP contribution in [0.4, 0.5) is 10.3 Å². The minimum Gasteiger partial charge on any atom is -0.505 e. The van der Waals surface area contributed by atoms with Gasteiger partial charge < -0.3 is 20.8 Å². The van der Waals surface area contributed by atoms with Crippen LogP contribution < -0.4 is 5.73 Å². The number of nitrogen functional groups attached to an aromatic ring is 1. The fraction of sp³-hybridized carbons (Fsp3) is 0.176. The van der Waals surface area contributed by atoms with Crippen molar-refractivity contribution in [3.8, 4) is 5.75 Å². The van der Waals surface area contributed by atoms with Gasteiger partial charge in [0.05, 0.1) is 24.0 Å². The number of anilines is 1. The largest absolute Gasteiger partial charge is 0.505 e. The zero-order valence-corrected chi connectivity index (χ0v) is 13.2. The number of hydrogen-bond acceptors (Lipinski definition) is 6. The number of aliphatic hydroxyl groups is 1. The lowest BCUT2D eigenvalue weighted by atomic mass is 10.0. The SMILES string of the molecule is C=C(c1ccnc(N)n1)N(C)C(/C=C\CO)c1ccc(O)c(F)c1. The van der Waals surface area contributed by atoms with Gasteiger partial charge in [-0.15, -0.1) is 0 Å². The number of benzene rings is 1. The molecule has 0 aliphatic rings. The smallest absolute Gasteiger partial charge is 0.220 e. The van der Waals surface area contributed by atoms with Gasteiger partial charge in [-0.2, -0.15) is 0 Å². The molecular formula is C17H19FN4O2. The topological polar surface area (TPSA) is 95.5 Å². The molecule has 0 saturated heterocycles. The fourth-order valence-corrected chi connectivity index (χ4v) is 2.24. The van der Waals surface area contributed by atoms with E-state index in [4.69, 9.17) is 10.8 Å². The van der Waals surface area contributed by atoms with Gasteiger partial charge in [-0.1, -0.05) is 24.8 Å². The second kappa shape index (κ2) is 7.56. The first-order valence-electron chi connectivity index (χ1n) is 7.20. The molecule has 1 atom stereocenters. The van der Waals surface area contributed by atoms with Crippen LogP contribution in [-0.2, 0) is 0 Å². The van der Waals surface area contributed by atoms with Crippen molar-refractivity contribution in [3.63, 3.8) is 0 Å². The number of aromatic nitrogens is 2. The highest BCUT2D eigenvalue weighted by molar-refractivity contribution is 5.59. The molecule has 2 rings (SSSR count). The summed E-state index contributed by atoms with van der Waals surface area (Å²) in [6, 6.07) is 5.36. The number of nitrogens with zero attached hydrogens (tertiary/aromatic N) is 3. The molecule has 1 aromatic carbocycles. The number of aliphatic hydroxyl groups excluding tert-OH is 1. The van der Waals surface area contributed by atoms with E-state index in [0.717, 1.165) is 0 Å². The predicted molar refractivity (Wildman–Crippen MR) is 90.3 cm³/mol. The number of halogens is 1. The van der Waals surface area contributed by atoms with E-state index >= 15 is 0 Å². The summed E-state index contributed by atoms with van der Waals surface area (Å²) in [5.74, 6) is -1.02. The molecule has 6 nitrogen and oxygen atoms in total. The van der Waals surface area contributed by atoms with E-state index in [9.17, 15) is 9.50 Å². The molecule has 0 spiro atoms. The van der Waals surface area contributed by atoms with E-state index in [0.29, 0.717) is 17.0 Å². The third-order valence-electron chi connectivity index (χ3n) is 3.55. The monoisotopic (exact) mass is 330 g/mol. The third-order valence-corrected chi connectivity index (χ3v) is 3.55. The molecule has 7 heteroatoms. The lowest BCUT2D eigenvalue weighted by molar-refractivity contribution is 0.339. The normalized spacial score (nSPS) is 12.3. The molecule has 0 aliphatic carbocycles. The lowest BCUT2D eigenvalue weighted by Gasteiger charge is -2.29. The standard InChI is InChI=1S/C17H19FN4O2/c1-11(14-7-8-20-17(19)21-14)22(2)15(4-3-9-23)12-5-6-16(24)13(18)10-12/h3-8,10,15,23-24H,1,9H2,2H3,(H2,19,20,21)/b4-3-. The van der Waals surface area contributed by atoms with Gasteiger partial charge >= 0.3 is 0 Å². The summed E-state index contributed by atoms with van der Waals surface area (Å²) in [4.78, 5) is 9.72. The van der Waals surface area contributed by atoms with Crippen LogP contribution in [0.15, 0.2) is 49.2 Å². The van der Waals surface area contributed by atoms with E-state index in [1.54, 1.807) is 36.2 Å². The zero-order valence-electron chi connectivity index (χ0n) is 13.2. The number of aromatic hydroxyl groups is 1. The Morgan fingerprint density at radius 2 is 2.21 bits per heavy atom. The van der Waals surface area contributed by atoms with Gasteiger partial charge in [0.2, 0.25) is 5.95 Å². The second-order valence-electron chi connectivity index (χ2n) is 5.12. The molecule has 0 amide bonds. The third kappa shape index (κ3) is 3.88. The maximum atomic E-state index is 13.7. The molecule has 0 radical (unpaired) electrons. The number of rotatable bonds is 6. The number of phenolic OH excluding ortho intramolecular Hbond substituents is 1. The van der Waals surface area contributed by atoms with Crippen molar-refractivity contribution in [1.29, 1.82) is 0 Å². The van der Waals surface area contributed by atoms with Crippen LogP contribution >= 0.6 is 0 Å². The maximum Gasteiger partial charge on any atom is 0.220 e. The number of phenols is 1. The van der Waals surface area contributed by atoms with Gasteiger partial charge in [0, 0.05) is 13.2 Å². The molecule has 0 aliphatic heterocycles. The zero-order chi connectivity index (χ0) is 17.7. The van der Waals surface area contributed by atoms with Crippen molar-refractivity contribution < 1.29 is 14.6 Å².